The Bertz CT molecular complexity index is 319. The summed E-state index contributed by atoms with van der Waals surface area (Å²) in [5, 5.41) is 3.24. The maximum absolute atomic E-state index is 5.85. The molecule has 0 bridgehead atoms. The zero-order valence-corrected chi connectivity index (χ0v) is 10.9. The van der Waals surface area contributed by atoms with Crippen LogP contribution < -0.4 is 19.5 Å². The fraction of sp³-hybridized carbons (Fsp3) is 0.538. The molecule has 4 heteroatoms. The molecule has 0 saturated heterocycles. The van der Waals surface area contributed by atoms with Gasteiger partial charge in [-0.1, -0.05) is 13.0 Å². The summed E-state index contributed by atoms with van der Waals surface area (Å²) in [6, 6.07) is 5.59. The number of rotatable bonds is 7. The summed E-state index contributed by atoms with van der Waals surface area (Å²) in [5.41, 5.74) is 0. The Morgan fingerprint density at radius 3 is 2.24 bits per heavy atom. The van der Waals surface area contributed by atoms with Gasteiger partial charge in [-0.3, -0.25) is 0 Å². The third-order valence-corrected chi connectivity index (χ3v) is 2.38. The number of likely N-dealkylation sites (N-methyl/N-ethyl adjacent to an activating group) is 1. The molecule has 1 atom stereocenters. The van der Waals surface area contributed by atoms with Crippen LogP contribution in [-0.4, -0.2) is 33.4 Å². The van der Waals surface area contributed by atoms with Crippen LogP contribution in [0, 0.1) is 0 Å². The van der Waals surface area contributed by atoms with Crippen molar-refractivity contribution in [2.45, 2.75) is 20.0 Å². The Labute approximate surface area is 103 Å². The van der Waals surface area contributed by atoms with E-state index in [0.717, 1.165) is 13.1 Å². The molecule has 0 saturated carbocycles. The highest BCUT2D eigenvalue weighted by Gasteiger charge is 2.14. The topological polar surface area (TPSA) is 39.7 Å². The lowest BCUT2D eigenvalue weighted by molar-refractivity contribution is 0.199. The molecule has 96 valence electrons. The Morgan fingerprint density at radius 2 is 1.76 bits per heavy atom. The van der Waals surface area contributed by atoms with E-state index in [9.17, 15) is 0 Å². The lowest BCUT2D eigenvalue weighted by Crippen LogP contribution is -2.28. The van der Waals surface area contributed by atoms with E-state index in [1.54, 1.807) is 14.2 Å². The predicted molar refractivity (Wildman–Crippen MR) is 68.2 cm³/mol. The Morgan fingerprint density at radius 1 is 1.18 bits per heavy atom. The first-order valence-corrected chi connectivity index (χ1v) is 5.81. The van der Waals surface area contributed by atoms with E-state index < -0.39 is 0 Å². The summed E-state index contributed by atoms with van der Waals surface area (Å²) in [6.45, 7) is 5.79. The van der Waals surface area contributed by atoms with Gasteiger partial charge in [-0.2, -0.15) is 0 Å². The first kappa shape index (κ1) is 13.6. The van der Waals surface area contributed by atoms with Gasteiger partial charge in [0, 0.05) is 6.54 Å². The molecule has 1 unspecified atom stereocenters. The lowest BCUT2D eigenvalue weighted by atomic mass is 10.3. The number of para-hydroxylation sites is 1. The number of hydrogen-bond donors (Lipinski definition) is 1. The minimum atomic E-state index is 0.0557. The molecular weight excluding hydrogens is 218 g/mol. The van der Waals surface area contributed by atoms with E-state index >= 15 is 0 Å². The number of hydrogen-bond acceptors (Lipinski definition) is 4. The van der Waals surface area contributed by atoms with Crippen molar-refractivity contribution >= 4 is 0 Å². The van der Waals surface area contributed by atoms with Gasteiger partial charge in [0.1, 0.15) is 6.10 Å². The molecule has 1 aromatic rings. The van der Waals surface area contributed by atoms with E-state index in [-0.39, 0.29) is 6.10 Å². The molecule has 0 spiro atoms. The molecule has 0 amide bonds. The Hall–Kier alpha value is -1.42. The van der Waals surface area contributed by atoms with Gasteiger partial charge in [-0.05, 0) is 25.6 Å². The summed E-state index contributed by atoms with van der Waals surface area (Å²) < 4.78 is 16.4. The highest BCUT2D eigenvalue weighted by atomic mass is 16.5. The first-order valence-electron chi connectivity index (χ1n) is 5.81. The van der Waals surface area contributed by atoms with E-state index in [0.29, 0.717) is 17.2 Å². The molecule has 0 aliphatic heterocycles. The van der Waals surface area contributed by atoms with E-state index in [1.807, 2.05) is 25.1 Å². The third-order valence-electron chi connectivity index (χ3n) is 2.38. The van der Waals surface area contributed by atoms with Gasteiger partial charge in [0.25, 0.3) is 0 Å². The highest BCUT2D eigenvalue weighted by Crippen LogP contribution is 2.37. The second-order valence-corrected chi connectivity index (χ2v) is 3.73. The summed E-state index contributed by atoms with van der Waals surface area (Å²) in [6.07, 6.45) is 0.0557. The molecule has 0 aliphatic rings. The summed E-state index contributed by atoms with van der Waals surface area (Å²) in [5.74, 6) is 2.03. The zero-order valence-electron chi connectivity index (χ0n) is 10.9. The van der Waals surface area contributed by atoms with Crippen molar-refractivity contribution in [2.24, 2.45) is 0 Å². The minimum Gasteiger partial charge on any atom is -0.493 e. The van der Waals surface area contributed by atoms with Gasteiger partial charge >= 0.3 is 0 Å². The number of methoxy groups -OCH3 is 2. The molecule has 0 radical (unpaired) electrons. The van der Waals surface area contributed by atoms with Crippen molar-refractivity contribution in [3.63, 3.8) is 0 Å². The van der Waals surface area contributed by atoms with E-state index in [1.165, 1.54) is 0 Å². The molecule has 0 aromatic heterocycles. The molecule has 1 N–H and O–H groups in total. The average molecular weight is 239 g/mol. The van der Waals surface area contributed by atoms with Gasteiger partial charge in [0.05, 0.1) is 14.2 Å². The molecule has 1 aromatic carbocycles. The largest absolute Gasteiger partial charge is 0.493 e. The van der Waals surface area contributed by atoms with Gasteiger partial charge in [0.2, 0.25) is 5.75 Å². The third kappa shape index (κ3) is 3.82. The maximum atomic E-state index is 5.85. The van der Waals surface area contributed by atoms with Crippen LogP contribution in [0.3, 0.4) is 0 Å². The van der Waals surface area contributed by atoms with Crippen molar-refractivity contribution in [1.29, 1.82) is 0 Å². The van der Waals surface area contributed by atoms with Crippen LogP contribution in [0.4, 0.5) is 0 Å². The van der Waals surface area contributed by atoms with Crippen molar-refractivity contribution in [3.05, 3.63) is 18.2 Å². The predicted octanol–water partition coefficient (Wildman–Crippen LogP) is 2.08. The van der Waals surface area contributed by atoms with E-state index in [4.69, 9.17) is 14.2 Å². The second kappa shape index (κ2) is 7.01. The number of benzene rings is 1. The fourth-order valence-corrected chi connectivity index (χ4v) is 1.52. The van der Waals surface area contributed by atoms with Gasteiger partial charge in [0.15, 0.2) is 11.5 Å². The summed E-state index contributed by atoms with van der Waals surface area (Å²) in [4.78, 5) is 0. The molecular formula is C13H21NO3. The maximum Gasteiger partial charge on any atom is 0.203 e. The average Bonchev–Trinajstić information content (AvgIpc) is 2.36. The first-order chi connectivity index (χ1) is 8.22. The van der Waals surface area contributed by atoms with Crippen molar-refractivity contribution in [2.75, 3.05) is 27.3 Å². The van der Waals surface area contributed by atoms with Crippen LogP contribution in [0.25, 0.3) is 0 Å². The van der Waals surface area contributed by atoms with Crippen LogP contribution in [0.2, 0.25) is 0 Å². The molecule has 0 heterocycles. The van der Waals surface area contributed by atoms with E-state index in [2.05, 4.69) is 12.2 Å². The molecule has 0 aliphatic carbocycles. The fourth-order valence-electron chi connectivity index (χ4n) is 1.52. The smallest absolute Gasteiger partial charge is 0.203 e. The van der Waals surface area contributed by atoms with Gasteiger partial charge in [-0.15, -0.1) is 0 Å². The monoisotopic (exact) mass is 239 g/mol. The summed E-state index contributed by atoms with van der Waals surface area (Å²) in [7, 11) is 3.24. The highest BCUT2D eigenvalue weighted by molar-refractivity contribution is 5.51. The summed E-state index contributed by atoms with van der Waals surface area (Å²) >= 11 is 0. The van der Waals surface area contributed by atoms with Gasteiger partial charge < -0.3 is 19.5 Å². The van der Waals surface area contributed by atoms with Crippen molar-refractivity contribution in [1.82, 2.24) is 5.32 Å². The molecule has 1 rings (SSSR count). The quantitative estimate of drug-likeness (QED) is 0.791. The van der Waals surface area contributed by atoms with Crippen molar-refractivity contribution in [3.8, 4) is 17.2 Å². The van der Waals surface area contributed by atoms with Crippen LogP contribution in [0.15, 0.2) is 18.2 Å². The Kier molecular flexibility index (Phi) is 5.63. The SMILES string of the molecule is CCNCC(C)Oc1c(OC)cccc1OC. The second-order valence-electron chi connectivity index (χ2n) is 3.73. The number of nitrogens with one attached hydrogen (secondary N) is 1. The van der Waals surface area contributed by atoms with Crippen LogP contribution in [-0.2, 0) is 0 Å². The van der Waals surface area contributed by atoms with Crippen molar-refractivity contribution < 1.29 is 14.2 Å². The van der Waals surface area contributed by atoms with Crippen LogP contribution in [0.1, 0.15) is 13.8 Å². The molecule has 0 fully saturated rings. The zero-order chi connectivity index (χ0) is 12.7. The van der Waals surface area contributed by atoms with Crippen LogP contribution in [0.5, 0.6) is 17.2 Å². The lowest BCUT2D eigenvalue weighted by Gasteiger charge is -2.19. The molecule has 17 heavy (non-hydrogen) atoms. The number of ether oxygens (including phenoxy) is 3. The normalized spacial score (nSPS) is 12.0. The standard InChI is InChI=1S/C13H21NO3/c1-5-14-9-10(2)17-13-11(15-3)7-6-8-12(13)16-4/h6-8,10,14H,5,9H2,1-4H3. The van der Waals surface area contributed by atoms with Gasteiger partial charge in [-0.25, -0.2) is 0 Å². The minimum absolute atomic E-state index is 0.0557. The van der Waals surface area contributed by atoms with Crippen LogP contribution >= 0.6 is 0 Å². The Balaban J connectivity index is 2.80. The molecule has 4 nitrogen and oxygen atoms in total.